The third kappa shape index (κ3) is 2.17. The Labute approximate surface area is 108 Å². The second kappa shape index (κ2) is 4.64. The first-order chi connectivity index (χ1) is 8.39. The summed E-state index contributed by atoms with van der Waals surface area (Å²) in [5, 5.41) is 4.18. The molecule has 0 saturated heterocycles. The average Bonchev–Trinajstić information content (AvgIpc) is 3.04. The Balaban J connectivity index is 2.46. The molecular weight excluding hydrogens is 252 g/mol. The zero-order chi connectivity index (χ0) is 13.5. The highest BCUT2D eigenvalue weighted by Gasteiger charge is 2.39. The highest BCUT2D eigenvalue weighted by atomic mass is 32.2. The standard InChI is InChI=1S/C11H20N4O2S/c1-8-11(9(2)14(3)13-8)18(16,17)15(7-6-12)10-4-5-10/h10H,4-7,12H2,1-3H3. The van der Waals surface area contributed by atoms with E-state index in [0.717, 1.165) is 12.8 Å². The van der Waals surface area contributed by atoms with E-state index in [4.69, 9.17) is 5.73 Å². The third-order valence-corrected chi connectivity index (χ3v) is 5.52. The minimum Gasteiger partial charge on any atom is -0.329 e. The first-order valence-corrected chi connectivity index (χ1v) is 7.55. The number of sulfonamides is 1. The summed E-state index contributed by atoms with van der Waals surface area (Å²) in [4.78, 5) is 0.338. The fraction of sp³-hybridized carbons (Fsp3) is 0.727. The number of nitrogens with two attached hydrogens (primary N) is 1. The molecule has 0 unspecified atom stereocenters. The lowest BCUT2D eigenvalue weighted by atomic mass is 10.4. The molecule has 0 atom stereocenters. The van der Waals surface area contributed by atoms with Gasteiger partial charge in [-0.2, -0.15) is 9.40 Å². The summed E-state index contributed by atoms with van der Waals surface area (Å²) >= 11 is 0. The van der Waals surface area contributed by atoms with Crippen LogP contribution in [0.15, 0.2) is 4.90 Å². The van der Waals surface area contributed by atoms with Gasteiger partial charge in [0.2, 0.25) is 10.0 Å². The van der Waals surface area contributed by atoms with Crippen molar-refractivity contribution in [2.75, 3.05) is 13.1 Å². The van der Waals surface area contributed by atoms with Gasteiger partial charge in [0.1, 0.15) is 4.90 Å². The van der Waals surface area contributed by atoms with Gasteiger partial charge in [-0.3, -0.25) is 4.68 Å². The van der Waals surface area contributed by atoms with Gasteiger partial charge in [0.05, 0.1) is 11.4 Å². The van der Waals surface area contributed by atoms with Gasteiger partial charge in [-0.15, -0.1) is 0 Å². The SMILES string of the molecule is Cc1nn(C)c(C)c1S(=O)(=O)N(CCN)C1CC1. The molecule has 0 spiro atoms. The Morgan fingerprint density at radius 3 is 2.44 bits per heavy atom. The minimum absolute atomic E-state index is 0.123. The van der Waals surface area contributed by atoms with E-state index in [1.807, 2.05) is 0 Å². The molecule has 1 saturated carbocycles. The van der Waals surface area contributed by atoms with Crippen LogP contribution in [0.25, 0.3) is 0 Å². The molecule has 0 bridgehead atoms. The van der Waals surface area contributed by atoms with Crippen molar-refractivity contribution in [3.8, 4) is 0 Å². The van der Waals surface area contributed by atoms with Crippen molar-refractivity contribution >= 4 is 10.0 Å². The Morgan fingerprint density at radius 1 is 1.44 bits per heavy atom. The molecule has 18 heavy (non-hydrogen) atoms. The van der Waals surface area contributed by atoms with Crippen LogP contribution < -0.4 is 5.73 Å². The fourth-order valence-electron chi connectivity index (χ4n) is 2.23. The van der Waals surface area contributed by atoms with Crippen LogP contribution >= 0.6 is 0 Å². The van der Waals surface area contributed by atoms with Gasteiger partial charge < -0.3 is 5.73 Å². The maximum Gasteiger partial charge on any atom is 0.247 e. The number of nitrogens with zero attached hydrogens (tertiary/aromatic N) is 3. The largest absolute Gasteiger partial charge is 0.329 e. The van der Waals surface area contributed by atoms with Gasteiger partial charge in [-0.25, -0.2) is 8.42 Å². The highest BCUT2D eigenvalue weighted by molar-refractivity contribution is 7.89. The molecular formula is C11H20N4O2S. The summed E-state index contributed by atoms with van der Waals surface area (Å²) in [7, 11) is -1.71. The molecule has 6 nitrogen and oxygen atoms in total. The minimum atomic E-state index is -3.47. The molecule has 0 aromatic carbocycles. The molecule has 1 aliphatic rings. The molecule has 1 aliphatic carbocycles. The van der Waals surface area contributed by atoms with Crippen LogP contribution in [-0.4, -0.2) is 41.6 Å². The van der Waals surface area contributed by atoms with Crippen molar-refractivity contribution in [3.05, 3.63) is 11.4 Å². The molecule has 1 aromatic rings. The molecule has 0 radical (unpaired) electrons. The quantitative estimate of drug-likeness (QED) is 0.827. The molecule has 0 amide bonds. The topological polar surface area (TPSA) is 81.2 Å². The van der Waals surface area contributed by atoms with Crippen molar-refractivity contribution in [2.45, 2.75) is 37.6 Å². The smallest absolute Gasteiger partial charge is 0.247 e. The van der Waals surface area contributed by atoms with E-state index in [1.165, 1.54) is 4.31 Å². The first kappa shape index (κ1) is 13.5. The van der Waals surface area contributed by atoms with Crippen LogP contribution in [0.5, 0.6) is 0 Å². The fourth-order valence-corrected chi connectivity index (χ4v) is 4.34. The van der Waals surface area contributed by atoms with Gasteiger partial charge in [0, 0.05) is 26.2 Å². The van der Waals surface area contributed by atoms with Crippen molar-refractivity contribution in [1.29, 1.82) is 0 Å². The first-order valence-electron chi connectivity index (χ1n) is 6.11. The highest BCUT2D eigenvalue weighted by Crippen LogP contribution is 2.33. The van der Waals surface area contributed by atoms with E-state index >= 15 is 0 Å². The summed E-state index contributed by atoms with van der Waals surface area (Å²) in [6, 6.07) is 0.123. The van der Waals surface area contributed by atoms with E-state index in [9.17, 15) is 8.42 Å². The maximum absolute atomic E-state index is 12.7. The summed E-state index contributed by atoms with van der Waals surface area (Å²) in [6.07, 6.45) is 1.86. The zero-order valence-corrected chi connectivity index (χ0v) is 11.9. The summed E-state index contributed by atoms with van der Waals surface area (Å²) in [6.45, 7) is 4.22. The van der Waals surface area contributed by atoms with Crippen molar-refractivity contribution < 1.29 is 8.42 Å². The Bertz CT molecular complexity index is 546. The van der Waals surface area contributed by atoms with Crippen molar-refractivity contribution in [1.82, 2.24) is 14.1 Å². The van der Waals surface area contributed by atoms with E-state index in [-0.39, 0.29) is 6.04 Å². The van der Waals surface area contributed by atoms with E-state index in [2.05, 4.69) is 5.10 Å². The van der Waals surface area contributed by atoms with Gasteiger partial charge in [-0.1, -0.05) is 0 Å². The van der Waals surface area contributed by atoms with Crippen molar-refractivity contribution in [3.63, 3.8) is 0 Å². The summed E-state index contributed by atoms with van der Waals surface area (Å²) < 4.78 is 28.5. The monoisotopic (exact) mass is 272 g/mol. The van der Waals surface area contributed by atoms with Crippen LogP contribution in [0.4, 0.5) is 0 Å². The van der Waals surface area contributed by atoms with E-state index in [1.54, 1.807) is 25.6 Å². The second-order valence-electron chi connectivity index (χ2n) is 4.76. The molecule has 1 heterocycles. The Hall–Kier alpha value is -0.920. The second-order valence-corrected chi connectivity index (χ2v) is 6.59. The number of hydrogen-bond acceptors (Lipinski definition) is 4. The molecule has 7 heteroatoms. The van der Waals surface area contributed by atoms with Crippen LogP contribution in [0.2, 0.25) is 0 Å². The Kier molecular flexibility index (Phi) is 3.48. The van der Waals surface area contributed by atoms with E-state index in [0.29, 0.717) is 29.4 Å². The van der Waals surface area contributed by atoms with E-state index < -0.39 is 10.0 Å². The lowest BCUT2D eigenvalue weighted by Crippen LogP contribution is -2.37. The normalized spacial score (nSPS) is 16.5. The number of aryl methyl sites for hydroxylation is 2. The third-order valence-electron chi connectivity index (χ3n) is 3.31. The number of rotatable bonds is 5. The van der Waals surface area contributed by atoms with Crippen molar-refractivity contribution in [2.24, 2.45) is 12.8 Å². The van der Waals surface area contributed by atoms with Crippen LogP contribution in [-0.2, 0) is 17.1 Å². The number of hydrogen-bond donors (Lipinski definition) is 1. The molecule has 2 rings (SSSR count). The van der Waals surface area contributed by atoms with Gasteiger partial charge in [0.25, 0.3) is 0 Å². The molecule has 102 valence electrons. The lowest BCUT2D eigenvalue weighted by Gasteiger charge is -2.21. The predicted molar refractivity (Wildman–Crippen MR) is 68.7 cm³/mol. The van der Waals surface area contributed by atoms with Crippen LogP contribution in [0.3, 0.4) is 0 Å². The molecule has 1 fully saturated rings. The average molecular weight is 272 g/mol. The molecule has 1 aromatic heterocycles. The van der Waals surface area contributed by atoms with Gasteiger partial charge in [-0.05, 0) is 26.7 Å². The number of aromatic nitrogens is 2. The summed E-state index contributed by atoms with van der Waals surface area (Å²) in [5.74, 6) is 0. The molecule has 0 aliphatic heterocycles. The van der Waals surface area contributed by atoms with Crippen LogP contribution in [0.1, 0.15) is 24.2 Å². The van der Waals surface area contributed by atoms with Gasteiger partial charge in [0.15, 0.2) is 0 Å². The van der Waals surface area contributed by atoms with Gasteiger partial charge >= 0.3 is 0 Å². The molecule has 2 N–H and O–H groups in total. The zero-order valence-electron chi connectivity index (χ0n) is 11.0. The lowest BCUT2D eigenvalue weighted by molar-refractivity contribution is 0.411. The summed E-state index contributed by atoms with van der Waals surface area (Å²) in [5.41, 5.74) is 6.75. The van der Waals surface area contributed by atoms with Crippen LogP contribution in [0, 0.1) is 13.8 Å². The predicted octanol–water partition coefficient (Wildman–Crippen LogP) is 0.149. The Morgan fingerprint density at radius 2 is 2.06 bits per heavy atom. The maximum atomic E-state index is 12.7.